The van der Waals surface area contributed by atoms with Gasteiger partial charge in [0.25, 0.3) is 5.69 Å². The lowest BCUT2D eigenvalue weighted by molar-refractivity contribution is -0.385. The Morgan fingerprint density at radius 1 is 1.77 bits per heavy atom. The molecule has 1 aromatic carbocycles. The van der Waals surface area contributed by atoms with Crippen LogP contribution in [0.3, 0.4) is 0 Å². The van der Waals surface area contributed by atoms with Gasteiger partial charge in [0.2, 0.25) is 0 Å². The van der Waals surface area contributed by atoms with Crippen molar-refractivity contribution in [2.45, 2.75) is 0 Å². The standard InChI is InChI=1S/C7H5BrFNO3/c1-13-7-3-6(10(11)12)4(8)2-5(7)9/h2-3H,1H3/i1D3. The van der Waals surface area contributed by atoms with Gasteiger partial charge in [0.15, 0.2) is 11.6 Å². The van der Waals surface area contributed by atoms with Crippen LogP contribution < -0.4 is 4.74 Å². The predicted octanol–water partition coefficient (Wildman–Crippen LogP) is 2.50. The molecule has 0 spiro atoms. The largest absolute Gasteiger partial charge is 0.493 e. The Bertz CT molecular complexity index is 438. The Kier molecular flexibility index (Phi) is 1.79. The van der Waals surface area contributed by atoms with Gasteiger partial charge in [-0.3, -0.25) is 10.1 Å². The molecule has 0 aliphatic carbocycles. The normalized spacial score (nSPS) is 14.2. The van der Waals surface area contributed by atoms with Crippen molar-refractivity contribution in [3.8, 4) is 5.75 Å². The summed E-state index contributed by atoms with van der Waals surface area (Å²) in [5, 5.41) is 10.5. The molecule has 0 aliphatic heterocycles. The summed E-state index contributed by atoms with van der Waals surface area (Å²) >= 11 is 2.78. The number of hydrogen-bond acceptors (Lipinski definition) is 3. The molecule has 6 heteroatoms. The highest BCUT2D eigenvalue weighted by molar-refractivity contribution is 9.10. The van der Waals surface area contributed by atoms with Crippen LogP contribution in [0, 0.1) is 15.9 Å². The second kappa shape index (κ2) is 3.69. The van der Waals surface area contributed by atoms with Gasteiger partial charge in [0.1, 0.15) is 0 Å². The summed E-state index contributed by atoms with van der Waals surface area (Å²) in [5.41, 5.74) is -0.472. The first-order chi connectivity index (χ1) is 7.20. The zero-order valence-electron chi connectivity index (χ0n) is 9.08. The highest BCUT2D eigenvalue weighted by Gasteiger charge is 2.16. The van der Waals surface area contributed by atoms with Gasteiger partial charge in [0.05, 0.1) is 26.6 Å². The van der Waals surface area contributed by atoms with Crippen molar-refractivity contribution in [1.29, 1.82) is 0 Å². The number of nitro groups is 1. The van der Waals surface area contributed by atoms with E-state index in [0.717, 1.165) is 6.07 Å². The lowest BCUT2D eigenvalue weighted by Crippen LogP contribution is -1.94. The lowest BCUT2D eigenvalue weighted by Gasteiger charge is -2.02. The molecule has 0 heterocycles. The molecular formula is C7H5BrFNO3. The van der Waals surface area contributed by atoms with Gasteiger partial charge in [-0.05, 0) is 22.0 Å². The summed E-state index contributed by atoms with van der Waals surface area (Å²) < 4.78 is 37.7. The lowest BCUT2D eigenvalue weighted by atomic mass is 10.3. The maximum Gasteiger partial charge on any atom is 0.287 e. The van der Waals surface area contributed by atoms with Crippen LogP contribution in [-0.4, -0.2) is 12.0 Å². The maximum atomic E-state index is 13.2. The molecule has 0 unspecified atom stereocenters. The average molecular weight is 253 g/mol. The van der Waals surface area contributed by atoms with E-state index in [1.165, 1.54) is 0 Å². The van der Waals surface area contributed by atoms with Crippen molar-refractivity contribution in [2.24, 2.45) is 0 Å². The molecule has 70 valence electrons. The zero-order valence-corrected chi connectivity index (χ0v) is 7.67. The van der Waals surface area contributed by atoms with Gasteiger partial charge in [-0.25, -0.2) is 4.39 Å². The van der Waals surface area contributed by atoms with E-state index in [1.807, 2.05) is 0 Å². The van der Waals surface area contributed by atoms with Crippen LogP contribution in [0.25, 0.3) is 0 Å². The number of hydrogen-bond donors (Lipinski definition) is 0. The monoisotopic (exact) mass is 252 g/mol. The number of halogens is 2. The molecule has 1 aromatic rings. The minimum Gasteiger partial charge on any atom is -0.493 e. The molecule has 0 saturated carbocycles. The quantitative estimate of drug-likeness (QED) is 0.601. The van der Waals surface area contributed by atoms with E-state index in [1.54, 1.807) is 0 Å². The van der Waals surface area contributed by atoms with Crippen molar-refractivity contribution in [2.75, 3.05) is 7.04 Å². The molecule has 0 fully saturated rings. The number of nitrogens with zero attached hydrogens (tertiary/aromatic N) is 1. The smallest absolute Gasteiger partial charge is 0.287 e. The zero-order chi connectivity index (χ0) is 12.5. The van der Waals surface area contributed by atoms with Crippen LogP contribution in [0.2, 0.25) is 0 Å². The van der Waals surface area contributed by atoms with E-state index in [2.05, 4.69) is 20.7 Å². The SMILES string of the molecule is [2H]C([2H])([2H])Oc1cc([N+](=O)[O-])c(Br)cc1F. The molecule has 0 aromatic heterocycles. The van der Waals surface area contributed by atoms with Gasteiger partial charge >= 0.3 is 0 Å². The Hall–Kier alpha value is -1.17. The first kappa shape index (κ1) is 6.31. The molecule has 4 nitrogen and oxygen atoms in total. The van der Waals surface area contributed by atoms with Gasteiger partial charge in [-0.15, -0.1) is 0 Å². The van der Waals surface area contributed by atoms with Crippen LogP contribution in [0.5, 0.6) is 5.75 Å². The van der Waals surface area contributed by atoms with Crippen molar-refractivity contribution in [3.63, 3.8) is 0 Å². The fraction of sp³-hybridized carbons (Fsp3) is 0.143. The minimum absolute atomic E-state index is 0.0899. The summed E-state index contributed by atoms with van der Waals surface area (Å²) in [5.74, 6) is -1.68. The molecule has 0 saturated heterocycles. The highest BCUT2D eigenvalue weighted by Crippen LogP contribution is 2.31. The van der Waals surface area contributed by atoms with Gasteiger partial charge in [-0.2, -0.15) is 0 Å². The summed E-state index contributed by atoms with van der Waals surface area (Å²) in [6.07, 6.45) is 0. The van der Waals surface area contributed by atoms with Crippen LogP contribution in [0.15, 0.2) is 16.6 Å². The molecule has 0 atom stereocenters. The number of rotatable bonds is 2. The summed E-state index contributed by atoms with van der Waals surface area (Å²) in [7, 11) is -2.86. The third-order valence-electron chi connectivity index (χ3n) is 1.31. The molecule has 0 amide bonds. The van der Waals surface area contributed by atoms with Crippen LogP contribution >= 0.6 is 15.9 Å². The first-order valence-corrected chi connectivity index (χ1v) is 3.82. The number of benzene rings is 1. The molecular weight excluding hydrogens is 245 g/mol. The van der Waals surface area contributed by atoms with Crippen molar-refractivity contribution >= 4 is 21.6 Å². The number of ether oxygens (including phenoxy) is 1. The van der Waals surface area contributed by atoms with Crippen LogP contribution in [0.1, 0.15) is 4.11 Å². The average Bonchev–Trinajstić information content (AvgIpc) is 2.07. The summed E-state index contributed by atoms with van der Waals surface area (Å²) in [6.45, 7) is 0. The Balaban J connectivity index is 3.20. The summed E-state index contributed by atoms with van der Waals surface area (Å²) in [6, 6.07) is 1.49. The molecule has 0 aliphatic rings. The predicted molar refractivity (Wildman–Crippen MR) is 47.3 cm³/mol. The fourth-order valence-corrected chi connectivity index (χ4v) is 1.20. The Morgan fingerprint density at radius 3 is 3.00 bits per heavy atom. The highest BCUT2D eigenvalue weighted by atomic mass is 79.9. The van der Waals surface area contributed by atoms with E-state index >= 15 is 0 Å². The summed E-state index contributed by atoms with van der Waals surface area (Å²) in [4.78, 5) is 9.73. The van der Waals surface area contributed by atoms with Crippen molar-refractivity contribution in [1.82, 2.24) is 0 Å². The Morgan fingerprint density at radius 2 is 2.46 bits per heavy atom. The topological polar surface area (TPSA) is 52.4 Å². The molecule has 0 N–H and O–H groups in total. The van der Waals surface area contributed by atoms with Gasteiger partial charge in [-0.1, -0.05) is 0 Å². The fourth-order valence-electron chi connectivity index (χ4n) is 0.737. The van der Waals surface area contributed by atoms with Crippen molar-refractivity contribution < 1.29 is 18.2 Å². The molecule has 13 heavy (non-hydrogen) atoms. The van der Waals surface area contributed by atoms with E-state index < -0.39 is 29.2 Å². The number of nitro benzene ring substituents is 1. The maximum absolute atomic E-state index is 13.2. The van der Waals surface area contributed by atoms with Gasteiger partial charge in [0, 0.05) is 0 Å². The van der Waals surface area contributed by atoms with E-state index in [4.69, 9.17) is 4.11 Å². The number of methoxy groups -OCH3 is 1. The second-order valence-corrected chi connectivity index (χ2v) is 2.95. The van der Waals surface area contributed by atoms with Crippen LogP contribution in [0.4, 0.5) is 10.1 Å². The van der Waals surface area contributed by atoms with E-state index in [0.29, 0.717) is 6.07 Å². The van der Waals surface area contributed by atoms with Crippen LogP contribution in [-0.2, 0) is 0 Å². The molecule has 1 rings (SSSR count). The second-order valence-electron chi connectivity index (χ2n) is 2.09. The van der Waals surface area contributed by atoms with E-state index in [9.17, 15) is 14.5 Å². The van der Waals surface area contributed by atoms with E-state index in [-0.39, 0.29) is 4.47 Å². The third-order valence-corrected chi connectivity index (χ3v) is 1.94. The Labute approximate surface area is 85.8 Å². The third kappa shape index (κ3) is 1.95. The molecule has 0 bridgehead atoms. The van der Waals surface area contributed by atoms with Gasteiger partial charge < -0.3 is 4.74 Å². The van der Waals surface area contributed by atoms with Crippen molar-refractivity contribution in [3.05, 3.63) is 32.5 Å². The minimum atomic E-state index is -2.86. The molecule has 0 radical (unpaired) electrons. The first-order valence-electron chi connectivity index (χ1n) is 4.53.